The Morgan fingerprint density at radius 1 is 1.20 bits per heavy atom. The van der Waals surface area contributed by atoms with Crippen molar-refractivity contribution in [2.75, 3.05) is 19.6 Å². The normalized spacial score (nSPS) is 17.3. The molecule has 0 bridgehead atoms. The van der Waals surface area contributed by atoms with E-state index >= 15 is 0 Å². The van der Waals surface area contributed by atoms with Crippen LogP contribution >= 0.6 is 12.4 Å². The van der Waals surface area contributed by atoms with Crippen LogP contribution in [0, 0.1) is 11.8 Å². The molecule has 1 aliphatic heterocycles. The van der Waals surface area contributed by atoms with Crippen molar-refractivity contribution in [3.8, 4) is 0 Å². The van der Waals surface area contributed by atoms with Gasteiger partial charge in [0.2, 0.25) is 11.8 Å². The quantitative estimate of drug-likeness (QED) is 0.807. The van der Waals surface area contributed by atoms with Gasteiger partial charge in [0.15, 0.2) is 0 Å². The zero-order valence-corrected chi connectivity index (χ0v) is 15.9. The molecule has 0 aliphatic carbocycles. The summed E-state index contributed by atoms with van der Waals surface area (Å²) < 4.78 is 0. The van der Waals surface area contributed by atoms with Crippen molar-refractivity contribution in [1.29, 1.82) is 0 Å². The molecule has 1 saturated heterocycles. The molecule has 25 heavy (non-hydrogen) atoms. The summed E-state index contributed by atoms with van der Waals surface area (Å²) in [6.45, 7) is 5.19. The fourth-order valence-corrected chi connectivity index (χ4v) is 3.01. The Kier molecular flexibility index (Phi) is 8.93. The van der Waals surface area contributed by atoms with Crippen LogP contribution < -0.4 is 11.1 Å². The molecule has 2 amide bonds. The second kappa shape index (κ2) is 10.4. The first kappa shape index (κ1) is 21.5. The Morgan fingerprint density at radius 3 is 2.36 bits per heavy atom. The van der Waals surface area contributed by atoms with Crippen LogP contribution in [0.5, 0.6) is 0 Å². The summed E-state index contributed by atoms with van der Waals surface area (Å²) in [5.41, 5.74) is 7.07. The Hall–Kier alpha value is -1.59. The van der Waals surface area contributed by atoms with Crippen molar-refractivity contribution in [3.63, 3.8) is 0 Å². The molecule has 1 heterocycles. The van der Waals surface area contributed by atoms with Crippen molar-refractivity contribution in [2.24, 2.45) is 17.6 Å². The smallest absolute Gasteiger partial charge is 0.241 e. The third-order valence-corrected chi connectivity index (χ3v) is 4.95. The summed E-state index contributed by atoms with van der Waals surface area (Å²) in [6, 6.07) is 10.3. The third-order valence-electron chi connectivity index (χ3n) is 4.95. The average molecular weight is 368 g/mol. The third kappa shape index (κ3) is 6.67. The highest BCUT2D eigenvalue weighted by Gasteiger charge is 2.24. The predicted octanol–water partition coefficient (Wildman–Crippen LogP) is 1.99. The molecule has 5 nitrogen and oxygen atoms in total. The van der Waals surface area contributed by atoms with Gasteiger partial charge in [0.1, 0.15) is 0 Å². The van der Waals surface area contributed by atoms with Crippen LogP contribution in [-0.2, 0) is 16.0 Å². The molecule has 2 rings (SSSR count). The lowest BCUT2D eigenvalue weighted by molar-refractivity contribution is -0.134. The van der Waals surface area contributed by atoms with Crippen LogP contribution in [0.4, 0.5) is 0 Å². The molecular formula is C19H30ClN3O2. The molecule has 0 spiro atoms. The second-order valence-corrected chi connectivity index (χ2v) is 6.88. The van der Waals surface area contributed by atoms with E-state index in [-0.39, 0.29) is 42.7 Å². The summed E-state index contributed by atoms with van der Waals surface area (Å²) in [6.07, 6.45) is 3.11. The Morgan fingerprint density at radius 2 is 1.80 bits per heavy atom. The molecule has 1 fully saturated rings. The number of piperidine rings is 1. The SMILES string of the molecule is CC(N)C(C)C(=O)NCC(=O)N1CCC(Cc2ccccc2)CC1.Cl. The van der Waals surface area contributed by atoms with Gasteiger partial charge in [-0.2, -0.15) is 0 Å². The van der Waals surface area contributed by atoms with E-state index in [1.807, 2.05) is 11.0 Å². The zero-order valence-electron chi connectivity index (χ0n) is 15.1. The van der Waals surface area contributed by atoms with Gasteiger partial charge in [-0.15, -0.1) is 12.4 Å². The fourth-order valence-electron chi connectivity index (χ4n) is 3.01. The molecule has 0 aromatic heterocycles. The summed E-state index contributed by atoms with van der Waals surface area (Å²) in [4.78, 5) is 26.0. The van der Waals surface area contributed by atoms with Gasteiger partial charge in [-0.25, -0.2) is 0 Å². The minimum atomic E-state index is -0.283. The number of amides is 2. The lowest BCUT2D eigenvalue weighted by atomic mass is 9.90. The Balaban J connectivity index is 0.00000312. The lowest BCUT2D eigenvalue weighted by Gasteiger charge is -2.32. The van der Waals surface area contributed by atoms with Crippen LogP contribution in [0.25, 0.3) is 0 Å². The first-order valence-corrected chi connectivity index (χ1v) is 8.82. The first-order valence-electron chi connectivity index (χ1n) is 8.82. The van der Waals surface area contributed by atoms with Gasteiger partial charge in [-0.3, -0.25) is 9.59 Å². The second-order valence-electron chi connectivity index (χ2n) is 6.88. The Bertz CT molecular complexity index is 543. The molecule has 2 atom stereocenters. The van der Waals surface area contributed by atoms with Crippen molar-refractivity contribution in [1.82, 2.24) is 10.2 Å². The average Bonchev–Trinajstić information content (AvgIpc) is 2.60. The lowest BCUT2D eigenvalue weighted by Crippen LogP contribution is -2.46. The number of rotatable bonds is 6. The summed E-state index contributed by atoms with van der Waals surface area (Å²) >= 11 is 0. The van der Waals surface area contributed by atoms with E-state index in [9.17, 15) is 9.59 Å². The van der Waals surface area contributed by atoms with E-state index in [0.29, 0.717) is 5.92 Å². The van der Waals surface area contributed by atoms with Gasteiger partial charge >= 0.3 is 0 Å². The van der Waals surface area contributed by atoms with E-state index in [1.54, 1.807) is 13.8 Å². The molecule has 1 aromatic rings. The van der Waals surface area contributed by atoms with Gasteiger partial charge in [-0.1, -0.05) is 37.3 Å². The number of nitrogens with two attached hydrogens (primary N) is 1. The topological polar surface area (TPSA) is 75.4 Å². The molecule has 2 unspecified atom stereocenters. The maximum absolute atomic E-state index is 12.2. The summed E-state index contributed by atoms with van der Waals surface area (Å²) in [7, 11) is 0. The maximum atomic E-state index is 12.2. The largest absolute Gasteiger partial charge is 0.347 e. The number of carbonyl (C=O) groups excluding carboxylic acids is 2. The van der Waals surface area contributed by atoms with E-state index in [2.05, 4.69) is 29.6 Å². The van der Waals surface area contributed by atoms with Crippen LogP contribution in [0.1, 0.15) is 32.3 Å². The van der Waals surface area contributed by atoms with E-state index < -0.39 is 0 Å². The highest BCUT2D eigenvalue weighted by Crippen LogP contribution is 2.21. The van der Waals surface area contributed by atoms with Gasteiger partial charge in [-0.05, 0) is 37.7 Å². The minimum Gasteiger partial charge on any atom is -0.347 e. The van der Waals surface area contributed by atoms with E-state index in [0.717, 1.165) is 32.4 Å². The molecule has 0 saturated carbocycles. The number of likely N-dealkylation sites (tertiary alicyclic amines) is 1. The van der Waals surface area contributed by atoms with Crippen molar-refractivity contribution in [2.45, 2.75) is 39.2 Å². The van der Waals surface area contributed by atoms with E-state index in [1.165, 1.54) is 5.56 Å². The summed E-state index contributed by atoms with van der Waals surface area (Å²) in [5, 5.41) is 2.70. The number of carbonyl (C=O) groups is 2. The summed E-state index contributed by atoms with van der Waals surface area (Å²) in [5.74, 6) is 0.189. The predicted molar refractivity (Wildman–Crippen MR) is 103 cm³/mol. The van der Waals surface area contributed by atoms with Gasteiger partial charge in [0, 0.05) is 25.0 Å². The van der Waals surface area contributed by atoms with Crippen LogP contribution in [0.2, 0.25) is 0 Å². The fraction of sp³-hybridized carbons (Fsp3) is 0.579. The van der Waals surface area contributed by atoms with Crippen molar-refractivity contribution >= 4 is 24.2 Å². The molecule has 3 N–H and O–H groups in total. The van der Waals surface area contributed by atoms with Crippen LogP contribution in [-0.4, -0.2) is 42.4 Å². The molecule has 140 valence electrons. The minimum absolute atomic E-state index is 0. The number of nitrogens with zero attached hydrogens (tertiary/aromatic N) is 1. The number of benzene rings is 1. The molecule has 0 radical (unpaired) electrons. The van der Waals surface area contributed by atoms with Crippen LogP contribution in [0.3, 0.4) is 0 Å². The number of halogens is 1. The van der Waals surface area contributed by atoms with E-state index in [4.69, 9.17) is 5.73 Å². The first-order chi connectivity index (χ1) is 11.5. The molecule has 6 heteroatoms. The highest BCUT2D eigenvalue weighted by molar-refractivity contribution is 5.86. The molecule has 1 aromatic carbocycles. The van der Waals surface area contributed by atoms with Crippen LogP contribution in [0.15, 0.2) is 30.3 Å². The van der Waals surface area contributed by atoms with Crippen molar-refractivity contribution < 1.29 is 9.59 Å². The highest BCUT2D eigenvalue weighted by atomic mass is 35.5. The molecular weight excluding hydrogens is 338 g/mol. The molecule has 1 aliphatic rings. The monoisotopic (exact) mass is 367 g/mol. The van der Waals surface area contributed by atoms with Crippen molar-refractivity contribution in [3.05, 3.63) is 35.9 Å². The Labute approximate surface area is 156 Å². The van der Waals surface area contributed by atoms with Gasteiger partial charge in [0.05, 0.1) is 6.54 Å². The van der Waals surface area contributed by atoms with Gasteiger partial charge in [0.25, 0.3) is 0 Å². The number of hydrogen-bond donors (Lipinski definition) is 2. The maximum Gasteiger partial charge on any atom is 0.241 e. The number of nitrogens with one attached hydrogen (secondary N) is 1. The standard InChI is InChI=1S/C19H29N3O2.ClH/c1-14(15(2)20)19(24)21-13-18(23)22-10-8-17(9-11-22)12-16-6-4-3-5-7-16;/h3-7,14-15,17H,8-13,20H2,1-2H3,(H,21,24);1H. The number of hydrogen-bond acceptors (Lipinski definition) is 3. The van der Waals surface area contributed by atoms with Gasteiger partial charge < -0.3 is 16.0 Å². The zero-order chi connectivity index (χ0) is 17.5.